The second-order valence-electron chi connectivity index (χ2n) is 5.82. The zero-order valence-electron chi connectivity index (χ0n) is 12.5. The summed E-state index contributed by atoms with van der Waals surface area (Å²) in [6.07, 6.45) is 8.77. The van der Waals surface area contributed by atoms with Crippen LogP contribution in [-0.2, 0) is 6.42 Å². The first-order valence-electron chi connectivity index (χ1n) is 7.82. The van der Waals surface area contributed by atoms with Crippen molar-refractivity contribution in [2.45, 2.75) is 44.6 Å². The quantitative estimate of drug-likeness (QED) is 0.652. The highest BCUT2D eigenvalue weighted by molar-refractivity contribution is 5.37. The lowest BCUT2D eigenvalue weighted by atomic mass is 9.79. The lowest BCUT2D eigenvalue weighted by Gasteiger charge is -2.26. The van der Waals surface area contributed by atoms with Gasteiger partial charge in [-0.05, 0) is 53.5 Å². The van der Waals surface area contributed by atoms with Crippen LogP contribution in [0.2, 0.25) is 0 Å². The fourth-order valence-corrected chi connectivity index (χ4v) is 3.08. The van der Waals surface area contributed by atoms with Crippen molar-refractivity contribution in [3.8, 4) is 0 Å². The summed E-state index contributed by atoms with van der Waals surface area (Å²) >= 11 is 0. The van der Waals surface area contributed by atoms with Gasteiger partial charge in [0.1, 0.15) is 0 Å². The fraction of sp³-hybridized carbons (Fsp3) is 0.389. The predicted octanol–water partition coefficient (Wildman–Crippen LogP) is 3.46. The number of nitrogens with one attached hydrogen (secondary N) is 1. The summed E-state index contributed by atoms with van der Waals surface area (Å²) in [5.41, 5.74) is 8.09. The molecule has 0 radical (unpaired) electrons. The summed E-state index contributed by atoms with van der Waals surface area (Å²) in [7, 11) is 0. The van der Waals surface area contributed by atoms with Crippen molar-refractivity contribution in [2.75, 3.05) is 0 Å². The first-order valence-corrected chi connectivity index (χ1v) is 7.82. The maximum Gasteiger partial charge on any atom is 0.0713 e. The van der Waals surface area contributed by atoms with E-state index in [0.717, 1.165) is 12.3 Å². The zero-order valence-corrected chi connectivity index (χ0v) is 12.5. The third kappa shape index (κ3) is 2.85. The molecule has 1 heterocycles. The van der Waals surface area contributed by atoms with Crippen LogP contribution in [0.5, 0.6) is 0 Å². The van der Waals surface area contributed by atoms with Crippen LogP contribution in [-0.4, -0.2) is 4.98 Å². The highest BCUT2D eigenvalue weighted by Gasteiger charge is 2.20. The van der Waals surface area contributed by atoms with Crippen LogP contribution in [0.15, 0.2) is 42.7 Å². The van der Waals surface area contributed by atoms with Gasteiger partial charge in [0.05, 0.1) is 6.04 Å². The number of hydrogen-bond acceptors (Lipinski definition) is 3. The van der Waals surface area contributed by atoms with Gasteiger partial charge >= 0.3 is 0 Å². The van der Waals surface area contributed by atoms with Crippen molar-refractivity contribution in [1.82, 2.24) is 10.4 Å². The van der Waals surface area contributed by atoms with Gasteiger partial charge in [-0.15, -0.1) is 0 Å². The molecule has 0 aliphatic heterocycles. The molecule has 1 fully saturated rings. The second-order valence-corrected chi connectivity index (χ2v) is 5.82. The van der Waals surface area contributed by atoms with Crippen LogP contribution in [0, 0.1) is 0 Å². The van der Waals surface area contributed by atoms with E-state index >= 15 is 0 Å². The third-order valence-corrected chi connectivity index (χ3v) is 4.65. The van der Waals surface area contributed by atoms with Gasteiger partial charge in [-0.25, -0.2) is 5.43 Å². The van der Waals surface area contributed by atoms with Gasteiger partial charge in [-0.3, -0.25) is 10.8 Å². The number of hydrogen-bond donors (Lipinski definition) is 2. The third-order valence-electron chi connectivity index (χ3n) is 4.65. The van der Waals surface area contributed by atoms with Gasteiger partial charge in [-0.2, -0.15) is 0 Å². The molecule has 1 aliphatic rings. The smallest absolute Gasteiger partial charge is 0.0713 e. The molecule has 0 bridgehead atoms. The monoisotopic (exact) mass is 281 g/mol. The van der Waals surface area contributed by atoms with Gasteiger partial charge in [0.25, 0.3) is 0 Å². The topological polar surface area (TPSA) is 50.9 Å². The number of nitrogens with zero attached hydrogens (tertiary/aromatic N) is 1. The number of nitrogens with two attached hydrogens (primary N) is 1. The highest BCUT2D eigenvalue weighted by atomic mass is 15.2. The van der Waals surface area contributed by atoms with Gasteiger partial charge < -0.3 is 0 Å². The van der Waals surface area contributed by atoms with Crippen LogP contribution in [0.25, 0.3) is 0 Å². The van der Waals surface area contributed by atoms with Crippen molar-refractivity contribution in [3.63, 3.8) is 0 Å². The van der Waals surface area contributed by atoms with Crippen molar-refractivity contribution in [3.05, 3.63) is 65.0 Å². The lowest BCUT2D eigenvalue weighted by Crippen LogP contribution is -2.29. The minimum Gasteiger partial charge on any atom is -0.271 e. The van der Waals surface area contributed by atoms with E-state index in [0.29, 0.717) is 0 Å². The van der Waals surface area contributed by atoms with Gasteiger partial charge in [0.2, 0.25) is 0 Å². The number of pyridine rings is 1. The van der Waals surface area contributed by atoms with Crippen molar-refractivity contribution in [1.29, 1.82) is 0 Å². The van der Waals surface area contributed by atoms with E-state index in [4.69, 9.17) is 5.84 Å². The minimum absolute atomic E-state index is 0.0263. The summed E-state index contributed by atoms with van der Waals surface area (Å²) in [6.45, 7) is 2.15. The number of aryl methyl sites for hydroxylation is 1. The van der Waals surface area contributed by atoms with E-state index in [-0.39, 0.29) is 6.04 Å². The maximum absolute atomic E-state index is 5.83. The molecular formula is C18H23N3. The molecule has 1 atom stereocenters. The van der Waals surface area contributed by atoms with Crippen molar-refractivity contribution >= 4 is 0 Å². The van der Waals surface area contributed by atoms with Gasteiger partial charge in [0, 0.05) is 12.4 Å². The Hall–Kier alpha value is -1.71. The molecule has 1 saturated carbocycles. The summed E-state index contributed by atoms with van der Waals surface area (Å²) in [5, 5.41) is 0. The van der Waals surface area contributed by atoms with E-state index in [9.17, 15) is 0 Å². The summed E-state index contributed by atoms with van der Waals surface area (Å²) in [4.78, 5) is 4.21. The minimum atomic E-state index is 0.0263. The fourth-order valence-electron chi connectivity index (χ4n) is 3.08. The second kappa shape index (κ2) is 6.37. The average molecular weight is 281 g/mol. The van der Waals surface area contributed by atoms with Gasteiger partial charge in [-0.1, -0.05) is 37.6 Å². The number of benzene rings is 1. The average Bonchev–Trinajstić information content (AvgIpc) is 2.48. The van der Waals surface area contributed by atoms with Crippen molar-refractivity contribution < 1.29 is 0 Å². The number of rotatable bonds is 5. The zero-order chi connectivity index (χ0) is 14.7. The molecule has 3 heteroatoms. The molecule has 21 heavy (non-hydrogen) atoms. The molecule has 0 amide bonds. The maximum atomic E-state index is 5.83. The van der Waals surface area contributed by atoms with E-state index in [1.165, 1.54) is 41.5 Å². The van der Waals surface area contributed by atoms with E-state index in [2.05, 4.69) is 47.7 Å². The van der Waals surface area contributed by atoms with E-state index < -0.39 is 0 Å². The van der Waals surface area contributed by atoms with Crippen LogP contribution >= 0.6 is 0 Å². The lowest BCUT2D eigenvalue weighted by molar-refractivity contribution is 0.419. The van der Waals surface area contributed by atoms with Crippen LogP contribution in [0.3, 0.4) is 0 Å². The summed E-state index contributed by atoms with van der Waals surface area (Å²) in [6, 6.07) is 11.0. The largest absolute Gasteiger partial charge is 0.271 e. The Labute approximate surface area is 126 Å². The Morgan fingerprint density at radius 2 is 2.00 bits per heavy atom. The highest BCUT2D eigenvalue weighted by Crippen LogP contribution is 2.36. The molecule has 2 aromatic rings. The Balaban J connectivity index is 1.88. The molecule has 1 unspecified atom stereocenters. The first-order chi connectivity index (χ1) is 10.3. The number of hydrazine groups is 1. The molecule has 0 spiro atoms. The van der Waals surface area contributed by atoms with E-state index in [1.54, 1.807) is 0 Å². The predicted molar refractivity (Wildman–Crippen MR) is 85.8 cm³/mol. The standard InChI is InChI=1S/C18H23N3/c1-2-13-12-20-11-10-17(13)18(21-19)16-8-6-15(7-9-16)14-4-3-5-14/h6-12,14,18,21H,2-5,19H2,1H3. The number of aromatic nitrogens is 1. The SMILES string of the molecule is CCc1cnccc1C(NN)c1ccc(C2CCC2)cc1. The van der Waals surface area contributed by atoms with Crippen LogP contribution in [0.4, 0.5) is 0 Å². The Morgan fingerprint density at radius 1 is 1.24 bits per heavy atom. The molecular weight excluding hydrogens is 258 g/mol. The van der Waals surface area contributed by atoms with Gasteiger partial charge in [0.15, 0.2) is 0 Å². The Morgan fingerprint density at radius 3 is 2.57 bits per heavy atom. The van der Waals surface area contributed by atoms with Crippen molar-refractivity contribution in [2.24, 2.45) is 5.84 Å². The van der Waals surface area contributed by atoms with Crippen LogP contribution in [0.1, 0.15) is 60.4 Å². The Bertz CT molecular complexity index is 588. The molecule has 3 nitrogen and oxygen atoms in total. The molecule has 1 aliphatic carbocycles. The normalized spacial score (nSPS) is 16.5. The first kappa shape index (κ1) is 14.2. The van der Waals surface area contributed by atoms with E-state index in [1.807, 2.05) is 12.4 Å². The molecule has 3 N–H and O–H groups in total. The molecule has 0 saturated heterocycles. The van der Waals surface area contributed by atoms with Crippen LogP contribution < -0.4 is 11.3 Å². The summed E-state index contributed by atoms with van der Waals surface area (Å²) in [5.74, 6) is 6.60. The molecule has 110 valence electrons. The summed E-state index contributed by atoms with van der Waals surface area (Å²) < 4.78 is 0. The molecule has 1 aromatic carbocycles. The molecule has 3 rings (SSSR count). The molecule has 1 aromatic heterocycles. The Kier molecular flexibility index (Phi) is 4.32.